The maximum atomic E-state index is 11.1. The number of benzene rings is 1. The Bertz CT molecular complexity index is 578. The molecule has 0 N–H and O–H groups in total. The average Bonchev–Trinajstić information content (AvgIpc) is 2.92. The molecule has 0 saturated carbocycles. The molecule has 0 unspecified atom stereocenters. The van der Waals surface area contributed by atoms with Gasteiger partial charge in [0, 0.05) is 6.54 Å². The van der Waals surface area contributed by atoms with Gasteiger partial charge in [-0.05, 0) is 18.6 Å². The normalized spacial score (nSPS) is 10.3. The summed E-state index contributed by atoms with van der Waals surface area (Å²) in [7, 11) is 1.55. The number of methoxy groups -OCH3 is 1. The van der Waals surface area contributed by atoms with Gasteiger partial charge in [-0.2, -0.15) is 0 Å². The van der Waals surface area contributed by atoms with Crippen LogP contribution in [0.25, 0.3) is 0 Å². The van der Waals surface area contributed by atoms with Gasteiger partial charge in [0.2, 0.25) is 0 Å². The van der Waals surface area contributed by atoms with Crippen LogP contribution in [0.3, 0.4) is 0 Å². The van der Waals surface area contributed by atoms with Crippen LogP contribution in [-0.4, -0.2) is 22.9 Å². The molecule has 0 spiro atoms. The van der Waals surface area contributed by atoms with Gasteiger partial charge in [0.15, 0.2) is 17.8 Å². The predicted molar refractivity (Wildman–Crippen MR) is 75.2 cm³/mol. The molecule has 0 atom stereocenters. The summed E-state index contributed by atoms with van der Waals surface area (Å²) in [6.07, 6.45) is 5.34. The third-order valence-electron chi connectivity index (χ3n) is 2.98. The second-order valence-corrected chi connectivity index (χ2v) is 4.36. The maximum absolute atomic E-state index is 11.1. The topological polar surface area (TPSA) is 53.4 Å². The molecule has 0 bridgehead atoms. The van der Waals surface area contributed by atoms with Crippen LogP contribution in [-0.2, 0) is 13.2 Å². The first kappa shape index (κ1) is 14.1. The Morgan fingerprint density at radius 3 is 2.95 bits per heavy atom. The zero-order valence-electron chi connectivity index (χ0n) is 11.7. The van der Waals surface area contributed by atoms with Gasteiger partial charge in [0.1, 0.15) is 6.61 Å². The van der Waals surface area contributed by atoms with Crippen molar-refractivity contribution in [3.63, 3.8) is 0 Å². The number of nitrogens with zero attached hydrogens (tertiary/aromatic N) is 2. The Labute approximate surface area is 118 Å². The largest absolute Gasteiger partial charge is 0.493 e. The van der Waals surface area contributed by atoms with E-state index in [1.165, 1.54) is 0 Å². The number of imidazole rings is 1. The van der Waals surface area contributed by atoms with E-state index in [-0.39, 0.29) is 0 Å². The molecule has 5 heteroatoms. The number of carbonyl (C=O) groups excluding carboxylic acids is 1. The van der Waals surface area contributed by atoms with Crippen molar-refractivity contribution in [2.24, 2.45) is 0 Å². The van der Waals surface area contributed by atoms with E-state index in [0.717, 1.165) is 24.9 Å². The van der Waals surface area contributed by atoms with E-state index in [9.17, 15) is 4.79 Å². The Balaban J connectivity index is 2.18. The van der Waals surface area contributed by atoms with Gasteiger partial charge in [0.05, 0.1) is 30.9 Å². The van der Waals surface area contributed by atoms with Crippen LogP contribution in [0.5, 0.6) is 11.5 Å². The molecular weight excluding hydrogens is 256 g/mol. The zero-order chi connectivity index (χ0) is 14.4. The number of rotatable bonds is 7. The van der Waals surface area contributed by atoms with Gasteiger partial charge in [-0.3, -0.25) is 4.79 Å². The maximum Gasteiger partial charge on any atom is 0.172 e. The minimum Gasteiger partial charge on any atom is -0.493 e. The molecule has 1 aromatic carbocycles. The lowest BCUT2D eigenvalue weighted by atomic mass is 10.2. The van der Waals surface area contributed by atoms with Crippen molar-refractivity contribution in [2.45, 2.75) is 26.5 Å². The lowest BCUT2D eigenvalue weighted by Gasteiger charge is -2.13. The van der Waals surface area contributed by atoms with Crippen molar-refractivity contribution in [1.29, 1.82) is 0 Å². The third-order valence-corrected chi connectivity index (χ3v) is 2.98. The highest BCUT2D eigenvalue weighted by Crippen LogP contribution is 2.30. The van der Waals surface area contributed by atoms with E-state index in [4.69, 9.17) is 9.47 Å². The standard InChI is InChI=1S/C15H18N2O3/c1-3-7-17-11-16-8-13(17)10-20-15-12(9-18)5-4-6-14(15)19-2/h4-6,8-9,11H,3,7,10H2,1-2H3. The second kappa shape index (κ2) is 6.75. The third kappa shape index (κ3) is 2.99. The van der Waals surface area contributed by atoms with Crippen molar-refractivity contribution in [1.82, 2.24) is 9.55 Å². The van der Waals surface area contributed by atoms with E-state index < -0.39 is 0 Å². The van der Waals surface area contributed by atoms with E-state index in [2.05, 4.69) is 11.9 Å². The van der Waals surface area contributed by atoms with Crippen molar-refractivity contribution in [3.8, 4) is 11.5 Å². The summed E-state index contributed by atoms with van der Waals surface area (Å²) < 4.78 is 13.0. The van der Waals surface area contributed by atoms with E-state index in [0.29, 0.717) is 23.7 Å². The molecule has 2 rings (SSSR count). The van der Waals surface area contributed by atoms with Gasteiger partial charge in [0.25, 0.3) is 0 Å². The highest BCUT2D eigenvalue weighted by atomic mass is 16.5. The summed E-state index contributed by atoms with van der Waals surface area (Å²) in [5, 5.41) is 0. The molecule has 0 aliphatic rings. The monoisotopic (exact) mass is 274 g/mol. The summed E-state index contributed by atoms with van der Waals surface area (Å²) in [6, 6.07) is 5.23. The molecule has 0 saturated heterocycles. The molecule has 0 aliphatic carbocycles. The van der Waals surface area contributed by atoms with Crippen molar-refractivity contribution in [2.75, 3.05) is 7.11 Å². The van der Waals surface area contributed by atoms with E-state index in [1.807, 2.05) is 4.57 Å². The number of aryl methyl sites for hydroxylation is 1. The van der Waals surface area contributed by atoms with Crippen LogP contribution in [0, 0.1) is 0 Å². The predicted octanol–water partition coefficient (Wildman–Crippen LogP) is 2.69. The lowest BCUT2D eigenvalue weighted by Crippen LogP contribution is -2.06. The first-order chi connectivity index (χ1) is 9.80. The number of hydrogen-bond acceptors (Lipinski definition) is 4. The molecule has 1 aromatic heterocycles. The quantitative estimate of drug-likeness (QED) is 0.728. The van der Waals surface area contributed by atoms with Crippen molar-refractivity contribution >= 4 is 6.29 Å². The summed E-state index contributed by atoms with van der Waals surface area (Å²) >= 11 is 0. The second-order valence-electron chi connectivity index (χ2n) is 4.36. The van der Waals surface area contributed by atoms with Gasteiger partial charge < -0.3 is 14.0 Å². The van der Waals surface area contributed by atoms with E-state index in [1.54, 1.807) is 37.8 Å². The number of para-hydroxylation sites is 1. The van der Waals surface area contributed by atoms with Crippen LogP contribution in [0.2, 0.25) is 0 Å². The van der Waals surface area contributed by atoms with Crippen LogP contribution in [0.4, 0.5) is 0 Å². The Hall–Kier alpha value is -2.30. The number of aldehydes is 1. The Morgan fingerprint density at radius 2 is 2.25 bits per heavy atom. The smallest absolute Gasteiger partial charge is 0.172 e. The van der Waals surface area contributed by atoms with Gasteiger partial charge in [-0.15, -0.1) is 0 Å². The Morgan fingerprint density at radius 1 is 1.40 bits per heavy atom. The summed E-state index contributed by atoms with van der Waals surface area (Å²) in [6.45, 7) is 3.35. The summed E-state index contributed by atoms with van der Waals surface area (Å²) in [4.78, 5) is 15.2. The minimum absolute atomic E-state index is 0.348. The molecule has 0 radical (unpaired) electrons. The molecule has 5 nitrogen and oxygen atoms in total. The zero-order valence-corrected chi connectivity index (χ0v) is 11.7. The fourth-order valence-electron chi connectivity index (χ4n) is 2.00. The van der Waals surface area contributed by atoms with Crippen LogP contribution < -0.4 is 9.47 Å². The highest BCUT2D eigenvalue weighted by molar-refractivity contribution is 5.81. The lowest BCUT2D eigenvalue weighted by molar-refractivity contribution is 0.111. The summed E-state index contributed by atoms with van der Waals surface area (Å²) in [5.41, 5.74) is 1.44. The van der Waals surface area contributed by atoms with E-state index >= 15 is 0 Å². The van der Waals surface area contributed by atoms with Gasteiger partial charge in [-0.25, -0.2) is 4.98 Å². The minimum atomic E-state index is 0.348. The molecule has 0 aliphatic heterocycles. The van der Waals surface area contributed by atoms with Crippen LogP contribution in [0.1, 0.15) is 29.4 Å². The molecule has 0 fully saturated rings. The number of ether oxygens (including phenoxy) is 2. The first-order valence-electron chi connectivity index (χ1n) is 6.54. The summed E-state index contributed by atoms with van der Waals surface area (Å²) in [5.74, 6) is 1.02. The molecule has 20 heavy (non-hydrogen) atoms. The van der Waals surface area contributed by atoms with Gasteiger partial charge >= 0.3 is 0 Å². The number of aromatic nitrogens is 2. The molecule has 0 amide bonds. The molecule has 2 aromatic rings. The molecular formula is C15H18N2O3. The number of carbonyl (C=O) groups is 1. The van der Waals surface area contributed by atoms with Gasteiger partial charge in [-0.1, -0.05) is 13.0 Å². The number of hydrogen-bond donors (Lipinski definition) is 0. The van der Waals surface area contributed by atoms with Crippen molar-refractivity contribution < 1.29 is 14.3 Å². The fraction of sp³-hybridized carbons (Fsp3) is 0.333. The van der Waals surface area contributed by atoms with Crippen LogP contribution in [0.15, 0.2) is 30.7 Å². The molecule has 1 heterocycles. The Kier molecular flexibility index (Phi) is 4.76. The average molecular weight is 274 g/mol. The fourth-order valence-corrected chi connectivity index (χ4v) is 2.00. The molecule has 106 valence electrons. The first-order valence-corrected chi connectivity index (χ1v) is 6.54. The van der Waals surface area contributed by atoms with Crippen molar-refractivity contribution in [3.05, 3.63) is 42.0 Å². The SMILES string of the molecule is CCCn1cncc1COc1c(C=O)cccc1OC. The van der Waals surface area contributed by atoms with Crippen LogP contribution >= 0.6 is 0 Å². The highest BCUT2D eigenvalue weighted by Gasteiger charge is 2.11.